The Morgan fingerprint density at radius 2 is 1.74 bits per heavy atom. The lowest BCUT2D eigenvalue weighted by atomic mass is 10.2. The van der Waals surface area contributed by atoms with Crippen LogP contribution in [-0.2, 0) is 0 Å². The predicted molar refractivity (Wildman–Crippen MR) is 158 cm³/mol. The number of rotatable bonds is 7. The fourth-order valence-corrected chi connectivity index (χ4v) is 5.10. The molecule has 1 amide bonds. The highest BCUT2D eigenvalue weighted by Gasteiger charge is 2.12. The third-order valence-electron chi connectivity index (χ3n) is 5.97. The molecular weight excluding hydrogens is 537 g/mol. The van der Waals surface area contributed by atoms with Crippen LogP contribution in [0.25, 0.3) is 16.9 Å². The van der Waals surface area contributed by atoms with Gasteiger partial charge in [0, 0.05) is 44.8 Å². The van der Waals surface area contributed by atoms with E-state index in [0.29, 0.717) is 15.6 Å². The fourth-order valence-electron chi connectivity index (χ4n) is 4.07. The first-order valence-electron chi connectivity index (χ1n) is 11.7. The average Bonchev–Trinajstić information content (AvgIpc) is 3.50. The molecular formula is C29H23Cl2N5OS. The van der Waals surface area contributed by atoms with Crippen molar-refractivity contribution in [1.29, 1.82) is 0 Å². The minimum Gasteiger partial charge on any atom is -0.332 e. The van der Waals surface area contributed by atoms with Gasteiger partial charge in [0.1, 0.15) is 0 Å². The summed E-state index contributed by atoms with van der Waals surface area (Å²) in [5.74, 6) is -0.299. The van der Waals surface area contributed by atoms with E-state index >= 15 is 0 Å². The van der Waals surface area contributed by atoms with Crippen LogP contribution in [-0.4, -0.2) is 21.7 Å². The van der Waals surface area contributed by atoms with Crippen molar-refractivity contribution in [1.82, 2.24) is 15.0 Å². The van der Waals surface area contributed by atoms with Crippen LogP contribution in [0.3, 0.4) is 0 Å². The third-order valence-corrected chi connectivity index (χ3v) is 7.47. The molecule has 3 aromatic carbocycles. The molecule has 0 unspecified atom stereocenters. The maximum absolute atomic E-state index is 12.6. The number of carbonyl (C=O) groups excluding carboxylic acids is 1. The van der Waals surface area contributed by atoms with E-state index in [1.807, 2.05) is 79.9 Å². The summed E-state index contributed by atoms with van der Waals surface area (Å²) in [6.45, 7) is 3.98. The molecule has 0 saturated heterocycles. The summed E-state index contributed by atoms with van der Waals surface area (Å²) in [6, 6.07) is 24.7. The first-order valence-corrected chi connectivity index (χ1v) is 13.4. The van der Waals surface area contributed by atoms with E-state index < -0.39 is 0 Å². The van der Waals surface area contributed by atoms with Crippen LogP contribution < -0.4 is 10.7 Å². The number of hydrazone groups is 1. The number of hydrogen-bond acceptors (Lipinski definition) is 5. The highest BCUT2D eigenvalue weighted by Crippen LogP contribution is 2.28. The summed E-state index contributed by atoms with van der Waals surface area (Å²) < 4.78 is 2.06. The van der Waals surface area contributed by atoms with E-state index in [-0.39, 0.29) is 5.91 Å². The second-order valence-corrected chi connectivity index (χ2v) is 10.2. The topological polar surface area (TPSA) is 71.3 Å². The van der Waals surface area contributed by atoms with E-state index in [9.17, 15) is 4.79 Å². The number of hydrogen-bond donors (Lipinski definition) is 2. The van der Waals surface area contributed by atoms with E-state index in [2.05, 4.69) is 25.4 Å². The molecule has 0 fully saturated rings. The van der Waals surface area contributed by atoms with E-state index in [1.54, 1.807) is 24.4 Å². The van der Waals surface area contributed by atoms with Crippen LogP contribution in [0.1, 0.15) is 27.3 Å². The molecule has 0 saturated carbocycles. The molecule has 2 aromatic heterocycles. The van der Waals surface area contributed by atoms with Gasteiger partial charge in [0.25, 0.3) is 5.91 Å². The van der Waals surface area contributed by atoms with E-state index in [4.69, 9.17) is 23.2 Å². The Morgan fingerprint density at radius 3 is 2.47 bits per heavy atom. The zero-order chi connectivity index (χ0) is 26.6. The normalized spacial score (nSPS) is 11.2. The van der Waals surface area contributed by atoms with Gasteiger partial charge in [0.15, 0.2) is 5.13 Å². The van der Waals surface area contributed by atoms with Gasteiger partial charge in [-0.2, -0.15) is 5.10 Å². The van der Waals surface area contributed by atoms with Gasteiger partial charge >= 0.3 is 0 Å². The highest BCUT2D eigenvalue weighted by atomic mass is 35.5. The SMILES string of the molecule is Cc1cc(/C=N/NC(=O)c2ccc(Nc3nc(-c4ccccc4)cs3)cc2)c(C)n1-c1ccc(Cl)c(Cl)c1. The Bertz CT molecular complexity index is 1630. The van der Waals surface area contributed by atoms with Crippen molar-refractivity contribution in [2.45, 2.75) is 13.8 Å². The standard InChI is InChI=1S/C29H23Cl2N5OS/c1-18-14-22(19(2)36(18)24-12-13-25(30)26(31)15-24)16-32-35-28(37)21-8-10-23(11-9-21)33-29-34-27(17-38-29)20-6-4-3-5-7-20/h3-17H,1-2H3,(H,33,34)(H,35,37)/b32-16+. The number of nitrogens with one attached hydrogen (secondary N) is 2. The van der Waals surface area contributed by atoms with Gasteiger partial charge < -0.3 is 9.88 Å². The summed E-state index contributed by atoms with van der Waals surface area (Å²) >= 11 is 13.8. The maximum atomic E-state index is 12.6. The molecule has 0 aliphatic carbocycles. The Kier molecular flexibility index (Phi) is 7.60. The number of anilines is 2. The zero-order valence-electron chi connectivity index (χ0n) is 20.6. The zero-order valence-corrected chi connectivity index (χ0v) is 22.9. The number of halogens is 2. The van der Waals surface area contributed by atoms with Gasteiger partial charge in [0.05, 0.1) is 22.0 Å². The van der Waals surface area contributed by atoms with E-state index in [1.165, 1.54) is 11.3 Å². The summed E-state index contributed by atoms with van der Waals surface area (Å²) in [5, 5.41) is 11.2. The van der Waals surface area contributed by atoms with Crippen LogP contribution in [0.2, 0.25) is 10.0 Å². The lowest BCUT2D eigenvalue weighted by Gasteiger charge is -2.10. The molecule has 190 valence electrons. The van der Waals surface area contributed by atoms with Crippen molar-refractivity contribution in [3.63, 3.8) is 0 Å². The van der Waals surface area contributed by atoms with Crippen molar-refractivity contribution < 1.29 is 4.79 Å². The minimum atomic E-state index is -0.299. The molecule has 0 aliphatic heterocycles. The molecule has 2 N–H and O–H groups in total. The molecule has 0 bridgehead atoms. The summed E-state index contributed by atoms with van der Waals surface area (Å²) in [6.07, 6.45) is 1.64. The Labute approximate surface area is 234 Å². The maximum Gasteiger partial charge on any atom is 0.271 e. The molecule has 0 radical (unpaired) electrons. The second kappa shape index (κ2) is 11.2. The first-order chi connectivity index (χ1) is 18.4. The minimum absolute atomic E-state index is 0.299. The number of aromatic nitrogens is 2. The van der Waals surface area contributed by atoms with Crippen molar-refractivity contribution in [3.05, 3.63) is 117 Å². The molecule has 0 atom stereocenters. The number of benzene rings is 3. The average molecular weight is 561 g/mol. The quantitative estimate of drug-likeness (QED) is 0.156. The van der Waals surface area contributed by atoms with Crippen LogP contribution >= 0.6 is 34.5 Å². The molecule has 2 heterocycles. The number of amides is 1. The van der Waals surface area contributed by atoms with Gasteiger partial charge in [0.2, 0.25) is 0 Å². The van der Waals surface area contributed by atoms with Crippen molar-refractivity contribution in [3.8, 4) is 16.9 Å². The Hall–Kier alpha value is -3.91. The number of aryl methyl sites for hydroxylation is 1. The molecule has 5 rings (SSSR count). The molecule has 6 nitrogen and oxygen atoms in total. The van der Waals surface area contributed by atoms with Gasteiger partial charge in [-0.3, -0.25) is 4.79 Å². The molecule has 0 aliphatic rings. The van der Waals surface area contributed by atoms with Crippen molar-refractivity contribution in [2.24, 2.45) is 5.10 Å². The lowest BCUT2D eigenvalue weighted by molar-refractivity contribution is 0.0955. The number of nitrogens with zero attached hydrogens (tertiary/aromatic N) is 3. The van der Waals surface area contributed by atoms with Gasteiger partial charge in [-0.1, -0.05) is 53.5 Å². The lowest BCUT2D eigenvalue weighted by Crippen LogP contribution is -2.17. The van der Waals surface area contributed by atoms with Gasteiger partial charge in [-0.25, -0.2) is 10.4 Å². The summed E-state index contributed by atoms with van der Waals surface area (Å²) in [4.78, 5) is 17.3. The highest BCUT2D eigenvalue weighted by molar-refractivity contribution is 7.14. The number of thiazole rings is 1. The first kappa shape index (κ1) is 25.7. The van der Waals surface area contributed by atoms with Crippen molar-refractivity contribution in [2.75, 3.05) is 5.32 Å². The van der Waals surface area contributed by atoms with Gasteiger partial charge in [-0.15, -0.1) is 11.3 Å². The fraction of sp³-hybridized carbons (Fsp3) is 0.0690. The van der Waals surface area contributed by atoms with Crippen LogP contribution in [0.4, 0.5) is 10.8 Å². The van der Waals surface area contributed by atoms with Crippen molar-refractivity contribution >= 4 is 57.5 Å². The smallest absolute Gasteiger partial charge is 0.271 e. The summed E-state index contributed by atoms with van der Waals surface area (Å²) in [7, 11) is 0. The molecule has 9 heteroatoms. The predicted octanol–water partition coefficient (Wildman–Crippen LogP) is 8.03. The summed E-state index contributed by atoms with van der Waals surface area (Å²) in [5.41, 5.74) is 9.69. The molecule has 38 heavy (non-hydrogen) atoms. The molecule has 5 aromatic rings. The van der Waals surface area contributed by atoms with Crippen LogP contribution in [0.15, 0.2) is 89.3 Å². The largest absolute Gasteiger partial charge is 0.332 e. The van der Waals surface area contributed by atoms with E-state index in [0.717, 1.165) is 44.7 Å². The monoisotopic (exact) mass is 559 g/mol. The molecule has 0 spiro atoms. The van der Waals surface area contributed by atoms with Gasteiger partial charge in [-0.05, 0) is 62.4 Å². The van der Waals surface area contributed by atoms with Crippen LogP contribution in [0, 0.1) is 13.8 Å². The van der Waals surface area contributed by atoms with Crippen LogP contribution in [0.5, 0.6) is 0 Å². The third kappa shape index (κ3) is 5.65. The Morgan fingerprint density at radius 1 is 0.974 bits per heavy atom. The Balaban J connectivity index is 1.22. The number of carbonyl (C=O) groups is 1. The second-order valence-electron chi connectivity index (χ2n) is 8.57.